The zero-order valence-corrected chi connectivity index (χ0v) is 20.0. The molecule has 0 unspecified atom stereocenters. The Morgan fingerprint density at radius 2 is 1.76 bits per heavy atom. The molecule has 0 spiro atoms. The standard InChI is InChI=1S/C22H32N4O6S/c1-16(2)25(18-3-4-18)22(27)17-7-9-23(10-8-17)20-6-5-19(15-21(20)26(28)29)33(30,31)24-11-13-32-14-12-24/h5-6,15-18H,3-4,7-14H2,1-2H3. The van der Waals surface area contributed by atoms with E-state index in [2.05, 4.69) is 0 Å². The van der Waals surface area contributed by atoms with Crippen molar-refractivity contribution >= 4 is 27.3 Å². The first-order chi connectivity index (χ1) is 15.7. The Morgan fingerprint density at radius 3 is 2.30 bits per heavy atom. The van der Waals surface area contributed by atoms with E-state index in [1.807, 2.05) is 23.6 Å². The molecule has 2 heterocycles. The fourth-order valence-corrected chi connectivity index (χ4v) is 6.23. The first-order valence-electron chi connectivity index (χ1n) is 11.6. The van der Waals surface area contributed by atoms with Crippen molar-refractivity contribution in [2.45, 2.75) is 56.5 Å². The number of hydrogen-bond acceptors (Lipinski definition) is 7. The van der Waals surface area contributed by atoms with Crippen molar-refractivity contribution in [1.29, 1.82) is 0 Å². The lowest BCUT2D eigenvalue weighted by atomic mass is 9.94. The molecule has 1 amide bonds. The van der Waals surface area contributed by atoms with Gasteiger partial charge in [-0.05, 0) is 51.7 Å². The number of anilines is 1. The Labute approximate surface area is 194 Å². The van der Waals surface area contributed by atoms with Crippen LogP contribution in [0.5, 0.6) is 0 Å². The van der Waals surface area contributed by atoms with Crippen molar-refractivity contribution in [2.75, 3.05) is 44.3 Å². The van der Waals surface area contributed by atoms with Gasteiger partial charge in [0.25, 0.3) is 5.69 Å². The minimum absolute atomic E-state index is 0.0794. The van der Waals surface area contributed by atoms with Crippen LogP contribution in [-0.2, 0) is 19.6 Å². The third kappa shape index (κ3) is 4.99. The van der Waals surface area contributed by atoms with E-state index in [4.69, 9.17) is 4.74 Å². The largest absolute Gasteiger partial charge is 0.379 e. The molecule has 2 aliphatic heterocycles. The molecule has 0 N–H and O–H groups in total. The average Bonchev–Trinajstić information content (AvgIpc) is 3.64. The highest BCUT2D eigenvalue weighted by Crippen LogP contribution is 2.36. The summed E-state index contributed by atoms with van der Waals surface area (Å²) in [6.07, 6.45) is 3.38. The van der Waals surface area contributed by atoms with E-state index in [1.54, 1.807) is 0 Å². The minimum Gasteiger partial charge on any atom is -0.379 e. The average molecular weight is 481 g/mol. The molecule has 10 nitrogen and oxygen atoms in total. The number of amides is 1. The molecular weight excluding hydrogens is 448 g/mol. The van der Waals surface area contributed by atoms with Crippen LogP contribution in [-0.4, -0.2) is 79.9 Å². The summed E-state index contributed by atoms with van der Waals surface area (Å²) in [5.41, 5.74) is 0.172. The first kappa shape index (κ1) is 23.9. The third-order valence-electron chi connectivity index (χ3n) is 6.69. The molecule has 3 fully saturated rings. The van der Waals surface area contributed by atoms with Gasteiger partial charge < -0.3 is 14.5 Å². The van der Waals surface area contributed by atoms with Crippen LogP contribution in [0.1, 0.15) is 39.5 Å². The molecule has 0 radical (unpaired) electrons. The Bertz CT molecular complexity index is 994. The molecule has 33 heavy (non-hydrogen) atoms. The number of piperidine rings is 1. The summed E-state index contributed by atoms with van der Waals surface area (Å²) in [4.78, 5) is 28.2. The lowest BCUT2D eigenvalue weighted by Gasteiger charge is -2.36. The fourth-order valence-electron chi connectivity index (χ4n) is 4.80. The number of sulfonamides is 1. The van der Waals surface area contributed by atoms with Gasteiger partial charge in [0.1, 0.15) is 5.69 Å². The lowest BCUT2D eigenvalue weighted by molar-refractivity contribution is -0.384. The molecule has 0 bridgehead atoms. The van der Waals surface area contributed by atoms with Gasteiger partial charge in [0, 0.05) is 50.2 Å². The van der Waals surface area contributed by atoms with Gasteiger partial charge in [-0.1, -0.05) is 0 Å². The quantitative estimate of drug-likeness (QED) is 0.434. The molecule has 3 aliphatic rings. The highest BCUT2D eigenvalue weighted by Gasteiger charge is 2.39. The number of carbonyl (C=O) groups is 1. The van der Waals surface area contributed by atoms with Crippen LogP contribution < -0.4 is 4.90 Å². The van der Waals surface area contributed by atoms with Crippen molar-refractivity contribution in [2.24, 2.45) is 5.92 Å². The number of carbonyl (C=O) groups excluding carboxylic acids is 1. The van der Waals surface area contributed by atoms with Gasteiger partial charge in [0.15, 0.2) is 0 Å². The van der Waals surface area contributed by atoms with Crippen LogP contribution in [0.2, 0.25) is 0 Å². The Kier molecular flexibility index (Phi) is 6.92. The van der Waals surface area contributed by atoms with Crippen molar-refractivity contribution in [3.63, 3.8) is 0 Å². The zero-order chi connectivity index (χ0) is 23.8. The van der Waals surface area contributed by atoms with Gasteiger partial charge in [0.05, 0.1) is 23.0 Å². The summed E-state index contributed by atoms with van der Waals surface area (Å²) in [7, 11) is -3.83. The second kappa shape index (κ2) is 9.55. The summed E-state index contributed by atoms with van der Waals surface area (Å²) in [5, 5.41) is 11.8. The van der Waals surface area contributed by atoms with Crippen molar-refractivity contribution in [3.05, 3.63) is 28.3 Å². The molecular formula is C22H32N4O6S. The topological polar surface area (TPSA) is 113 Å². The number of hydrogen-bond donors (Lipinski definition) is 0. The summed E-state index contributed by atoms with van der Waals surface area (Å²) >= 11 is 0. The number of nitro benzene ring substituents is 1. The first-order valence-corrected chi connectivity index (χ1v) is 13.1. The van der Waals surface area contributed by atoms with Gasteiger partial charge in [-0.15, -0.1) is 0 Å². The Hall–Kier alpha value is -2.24. The molecule has 1 aliphatic carbocycles. The van der Waals surface area contributed by atoms with E-state index in [9.17, 15) is 23.3 Å². The SMILES string of the molecule is CC(C)N(C(=O)C1CCN(c2ccc(S(=O)(=O)N3CCOCC3)cc2[N+](=O)[O-])CC1)C1CC1. The van der Waals surface area contributed by atoms with Crippen LogP contribution in [0.25, 0.3) is 0 Å². The number of morpholine rings is 1. The zero-order valence-electron chi connectivity index (χ0n) is 19.2. The maximum Gasteiger partial charge on any atom is 0.293 e. The summed E-state index contributed by atoms with van der Waals surface area (Å²) in [5.74, 6) is 0.109. The van der Waals surface area contributed by atoms with Gasteiger partial charge in [0.2, 0.25) is 15.9 Å². The molecule has 1 saturated carbocycles. The van der Waals surface area contributed by atoms with E-state index in [-0.39, 0.29) is 41.5 Å². The molecule has 0 aromatic heterocycles. The summed E-state index contributed by atoms with van der Waals surface area (Å²) < 4.78 is 32.4. The highest BCUT2D eigenvalue weighted by molar-refractivity contribution is 7.89. The summed E-state index contributed by atoms with van der Waals surface area (Å²) in [6.45, 7) is 6.20. The number of ether oxygens (including phenoxy) is 1. The van der Waals surface area contributed by atoms with Crippen LogP contribution in [0.3, 0.4) is 0 Å². The van der Waals surface area contributed by atoms with Crippen molar-refractivity contribution in [1.82, 2.24) is 9.21 Å². The second-order valence-electron chi connectivity index (χ2n) is 9.26. The number of nitro groups is 1. The Balaban J connectivity index is 1.49. The molecule has 11 heteroatoms. The maximum absolute atomic E-state index is 13.1. The van der Waals surface area contributed by atoms with E-state index in [0.717, 1.165) is 18.9 Å². The van der Waals surface area contributed by atoms with E-state index < -0.39 is 14.9 Å². The van der Waals surface area contributed by atoms with Crippen LogP contribution >= 0.6 is 0 Å². The van der Waals surface area contributed by atoms with Crippen molar-refractivity contribution in [3.8, 4) is 0 Å². The second-order valence-corrected chi connectivity index (χ2v) is 11.2. The van der Waals surface area contributed by atoms with Crippen molar-refractivity contribution < 1.29 is 22.9 Å². The lowest BCUT2D eigenvalue weighted by Crippen LogP contribution is -2.46. The van der Waals surface area contributed by atoms with Gasteiger partial charge in [-0.25, -0.2) is 8.42 Å². The number of rotatable bonds is 7. The van der Waals surface area contributed by atoms with Gasteiger partial charge in [-0.3, -0.25) is 14.9 Å². The maximum atomic E-state index is 13.1. The number of benzene rings is 1. The molecule has 2 saturated heterocycles. The van der Waals surface area contributed by atoms with E-state index in [1.165, 1.54) is 16.4 Å². The third-order valence-corrected chi connectivity index (χ3v) is 8.58. The van der Waals surface area contributed by atoms with Crippen LogP contribution in [0.15, 0.2) is 23.1 Å². The predicted molar refractivity (Wildman–Crippen MR) is 123 cm³/mol. The monoisotopic (exact) mass is 480 g/mol. The van der Waals surface area contributed by atoms with E-state index >= 15 is 0 Å². The molecule has 182 valence electrons. The summed E-state index contributed by atoms with van der Waals surface area (Å²) in [6, 6.07) is 4.66. The van der Waals surface area contributed by atoms with E-state index in [0.29, 0.717) is 50.9 Å². The van der Waals surface area contributed by atoms with Gasteiger partial charge >= 0.3 is 0 Å². The molecule has 4 rings (SSSR count). The van der Waals surface area contributed by atoms with Gasteiger partial charge in [-0.2, -0.15) is 4.31 Å². The molecule has 1 aromatic rings. The Morgan fingerprint density at radius 1 is 1.12 bits per heavy atom. The fraction of sp³-hybridized carbons (Fsp3) is 0.682. The normalized spacial score (nSPS) is 20.8. The number of nitrogens with zero attached hydrogens (tertiary/aromatic N) is 4. The predicted octanol–water partition coefficient (Wildman–Crippen LogP) is 2.23. The minimum atomic E-state index is -3.83. The highest BCUT2D eigenvalue weighted by atomic mass is 32.2. The molecule has 0 atom stereocenters. The van der Waals surface area contributed by atoms with Crippen LogP contribution in [0, 0.1) is 16.0 Å². The van der Waals surface area contributed by atoms with Crippen LogP contribution in [0.4, 0.5) is 11.4 Å². The molecule has 1 aromatic carbocycles. The smallest absolute Gasteiger partial charge is 0.293 e.